The summed E-state index contributed by atoms with van der Waals surface area (Å²) < 4.78 is 11.4. The summed E-state index contributed by atoms with van der Waals surface area (Å²) in [5.74, 6) is 1.44. The molecular formula is C14H29BO2. The van der Waals surface area contributed by atoms with E-state index in [1.807, 2.05) is 6.82 Å². The second kappa shape index (κ2) is 5.75. The van der Waals surface area contributed by atoms with Crippen molar-refractivity contribution in [2.75, 3.05) is 0 Å². The second-order valence-corrected chi connectivity index (χ2v) is 6.93. The molecule has 1 aliphatic rings. The molecule has 3 heteroatoms. The smallest absolute Gasteiger partial charge is 0.406 e. The van der Waals surface area contributed by atoms with Crippen molar-refractivity contribution in [3.05, 3.63) is 0 Å². The monoisotopic (exact) mass is 240 g/mol. The Kier molecular flexibility index (Phi) is 5.09. The Bertz CT molecular complexity index is 237. The maximum atomic E-state index is 5.79. The summed E-state index contributed by atoms with van der Waals surface area (Å²) >= 11 is 0. The van der Waals surface area contributed by atoms with Crippen LogP contribution in [0.1, 0.15) is 54.4 Å². The van der Waals surface area contributed by atoms with E-state index in [4.69, 9.17) is 9.31 Å². The summed E-state index contributed by atoms with van der Waals surface area (Å²) in [7, 11) is -0.0257. The third-order valence-electron chi connectivity index (χ3n) is 4.17. The lowest BCUT2D eigenvalue weighted by atomic mass is 9.76. The standard InChI is InChI=1S/C14H29BO2/c1-10(8-11(2)14(4,5)6)9-13-12(3)16-15(7)17-13/h10-13H,8-9H2,1-7H3. The Morgan fingerprint density at radius 3 is 2.18 bits per heavy atom. The molecule has 1 heterocycles. The van der Waals surface area contributed by atoms with Crippen LogP contribution < -0.4 is 0 Å². The van der Waals surface area contributed by atoms with Crippen LogP contribution in [0.25, 0.3) is 0 Å². The van der Waals surface area contributed by atoms with Gasteiger partial charge in [-0.25, -0.2) is 0 Å². The minimum absolute atomic E-state index is 0.0257. The second-order valence-electron chi connectivity index (χ2n) is 6.93. The first-order valence-corrected chi connectivity index (χ1v) is 7.01. The molecule has 1 aliphatic heterocycles. The molecule has 4 atom stereocenters. The van der Waals surface area contributed by atoms with Crippen LogP contribution in [-0.4, -0.2) is 19.3 Å². The summed E-state index contributed by atoms with van der Waals surface area (Å²) in [6.45, 7) is 15.8. The summed E-state index contributed by atoms with van der Waals surface area (Å²) in [6.07, 6.45) is 2.92. The van der Waals surface area contributed by atoms with E-state index in [0.29, 0.717) is 11.3 Å². The Balaban J connectivity index is 2.37. The Hall–Kier alpha value is -0.0151. The maximum Gasteiger partial charge on any atom is 0.454 e. The fraction of sp³-hybridized carbons (Fsp3) is 1.00. The number of rotatable bonds is 4. The van der Waals surface area contributed by atoms with Crippen LogP contribution in [0.3, 0.4) is 0 Å². The summed E-state index contributed by atoms with van der Waals surface area (Å²) in [5, 5.41) is 0. The third-order valence-corrected chi connectivity index (χ3v) is 4.17. The van der Waals surface area contributed by atoms with E-state index in [-0.39, 0.29) is 19.3 Å². The molecule has 0 amide bonds. The number of hydrogen-bond acceptors (Lipinski definition) is 2. The van der Waals surface area contributed by atoms with Gasteiger partial charge in [0.15, 0.2) is 0 Å². The fourth-order valence-electron chi connectivity index (χ4n) is 2.48. The fourth-order valence-corrected chi connectivity index (χ4v) is 2.48. The minimum atomic E-state index is -0.0257. The van der Waals surface area contributed by atoms with E-state index in [2.05, 4.69) is 41.5 Å². The van der Waals surface area contributed by atoms with Gasteiger partial charge in [0.05, 0.1) is 12.2 Å². The normalized spacial score (nSPS) is 29.5. The van der Waals surface area contributed by atoms with E-state index >= 15 is 0 Å². The highest BCUT2D eigenvalue weighted by Gasteiger charge is 2.34. The van der Waals surface area contributed by atoms with Crippen molar-refractivity contribution in [1.29, 1.82) is 0 Å². The van der Waals surface area contributed by atoms with E-state index in [9.17, 15) is 0 Å². The summed E-state index contributed by atoms with van der Waals surface area (Å²) in [4.78, 5) is 0. The predicted molar refractivity (Wildman–Crippen MR) is 74.1 cm³/mol. The predicted octanol–water partition coefficient (Wildman–Crippen LogP) is 4.01. The molecule has 1 fully saturated rings. The van der Waals surface area contributed by atoms with Gasteiger partial charge >= 0.3 is 7.12 Å². The van der Waals surface area contributed by atoms with Gasteiger partial charge < -0.3 is 9.31 Å². The molecule has 0 radical (unpaired) electrons. The van der Waals surface area contributed by atoms with Crippen molar-refractivity contribution < 1.29 is 9.31 Å². The molecule has 1 saturated heterocycles. The van der Waals surface area contributed by atoms with Crippen LogP contribution >= 0.6 is 0 Å². The molecule has 0 spiro atoms. The third kappa shape index (κ3) is 4.63. The molecule has 2 nitrogen and oxygen atoms in total. The Morgan fingerprint density at radius 1 is 1.18 bits per heavy atom. The lowest BCUT2D eigenvalue weighted by Gasteiger charge is -2.30. The van der Waals surface area contributed by atoms with Gasteiger partial charge in [-0.2, -0.15) is 0 Å². The lowest BCUT2D eigenvalue weighted by molar-refractivity contribution is 0.128. The zero-order valence-corrected chi connectivity index (χ0v) is 12.6. The van der Waals surface area contributed by atoms with Gasteiger partial charge in [0.2, 0.25) is 0 Å². The van der Waals surface area contributed by atoms with Crippen molar-refractivity contribution in [3.63, 3.8) is 0 Å². The first kappa shape index (κ1) is 15.0. The molecule has 0 aromatic carbocycles. The first-order chi connectivity index (χ1) is 7.70. The Morgan fingerprint density at radius 2 is 1.76 bits per heavy atom. The van der Waals surface area contributed by atoms with Crippen molar-refractivity contribution in [2.45, 2.75) is 73.4 Å². The van der Waals surface area contributed by atoms with Gasteiger partial charge in [-0.05, 0) is 43.8 Å². The quantitative estimate of drug-likeness (QED) is 0.691. The molecule has 0 N–H and O–H groups in total. The van der Waals surface area contributed by atoms with E-state index in [1.165, 1.54) is 6.42 Å². The van der Waals surface area contributed by atoms with Gasteiger partial charge in [-0.3, -0.25) is 0 Å². The molecule has 0 aliphatic carbocycles. The van der Waals surface area contributed by atoms with E-state index < -0.39 is 0 Å². The topological polar surface area (TPSA) is 18.5 Å². The van der Waals surface area contributed by atoms with Gasteiger partial charge in [0, 0.05) is 0 Å². The van der Waals surface area contributed by atoms with Gasteiger partial charge in [-0.15, -0.1) is 0 Å². The van der Waals surface area contributed by atoms with E-state index in [1.54, 1.807) is 0 Å². The van der Waals surface area contributed by atoms with Crippen molar-refractivity contribution in [3.8, 4) is 0 Å². The SMILES string of the molecule is CB1OC(C)C(CC(C)CC(C)C(C)(C)C)O1. The van der Waals surface area contributed by atoms with Crippen LogP contribution in [0.4, 0.5) is 0 Å². The van der Waals surface area contributed by atoms with E-state index in [0.717, 1.165) is 12.3 Å². The average molecular weight is 240 g/mol. The zero-order valence-electron chi connectivity index (χ0n) is 12.6. The maximum absolute atomic E-state index is 5.79. The summed E-state index contributed by atoms with van der Waals surface area (Å²) in [5.41, 5.74) is 0.403. The Labute approximate surface area is 108 Å². The van der Waals surface area contributed by atoms with Crippen LogP contribution in [0.15, 0.2) is 0 Å². The number of hydrogen-bond donors (Lipinski definition) is 0. The first-order valence-electron chi connectivity index (χ1n) is 7.01. The van der Waals surface area contributed by atoms with Gasteiger partial charge in [0.1, 0.15) is 0 Å². The molecule has 0 bridgehead atoms. The van der Waals surface area contributed by atoms with Crippen molar-refractivity contribution >= 4 is 7.12 Å². The highest BCUT2D eigenvalue weighted by molar-refractivity contribution is 6.43. The molecule has 0 aromatic rings. The van der Waals surface area contributed by atoms with Gasteiger partial charge in [0.25, 0.3) is 0 Å². The van der Waals surface area contributed by atoms with Crippen LogP contribution in [0.5, 0.6) is 0 Å². The zero-order chi connectivity index (χ0) is 13.2. The molecular weight excluding hydrogens is 211 g/mol. The summed E-state index contributed by atoms with van der Waals surface area (Å²) in [6, 6.07) is 0. The lowest BCUT2D eigenvalue weighted by Crippen LogP contribution is -2.25. The van der Waals surface area contributed by atoms with Crippen LogP contribution in [0, 0.1) is 17.3 Å². The molecule has 1 rings (SSSR count). The van der Waals surface area contributed by atoms with Crippen LogP contribution in [0.2, 0.25) is 6.82 Å². The molecule has 0 saturated carbocycles. The highest BCUT2D eigenvalue weighted by Crippen LogP contribution is 2.33. The van der Waals surface area contributed by atoms with Crippen molar-refractivity contribution in [1.82, 2.24) is 0 Å². The van der Waals surface area contributed by atoms with Gasteiger partial charge in [-0.1, -0.05) is 34.6 Å². The molecule has 4 unspecified atom stereocenters. The highest BCUT2D eigenvalue weighted by atomic mass is 16.6. The average Bonchev–Trinajstić information content (AvgIpc) is 2.43. The minimum Gasteiger partial charge on any atom is -0.406 e. The van der Waals surface area contributed by atoms with Crippen molar-refractivity contribution in [2.24, 2.45) is 17.3 Å². The molecule has 100 valence electrons. The molecule has 17 heavy (non-hydrogen) atoms. The largest absolute Gasteiger partial charge is 0.454 e. The molecule has 0 aromatic heterocycles. The van der Waals surface area contributed by atoms with Crippen LogP contribution in [-0.2, 0) is 9.31 Å².